The molecule has 0 atom stereocenters. The zero-order chi connectivity index (χ0) is 12.6. The first-order valence-corrected chi connectivity index (χ1v) is 6.73. The summed E-state index contributed by atoms with van der Waals surface area (Å²) in [6, 6.07) is 0. The van der Waals surface area contributed by atoms with Crippen LogP contribution in [0.4, 0.5) is 0 Å². The van der Waals surface area contributed by atoms with Crippen molar-refractivity contribution in [2.24, 2.45) is 0 Å². The number of nitrogens with one attached hydrogen (secondary N) is 1. The molecule has 4 nitrogen and oxygen atoms in total. The molecule has 0 aromatic heterocycles. The zero-order valence-electron chi connectivity index (χ0n) is 10.8. The summed E-state index contributed by atoms with van der Waals surface area (Å²) in [7, 11) is 0. The molecule has 1 amide bonds. The summed E-state index contributed by atoms with van der Waals surface area (Å²) >= 11 is 0. The second kappa shape index (κ2) is 7.67. The van der Waals surface area contributed by atoms with Crippen molar-refractivity contribution in [2.45, 2.75) is 57.5 Å². The van der Waals surface area contributed by atoms with Gasteiger partial charge in [0.2, 0.25) is 5.91 Å². The summed E-state index contributed by atoms with van der Waals surface area (Å²) < 4.78 is 5.19. The van der Waals surface area contributed by atoms with Gasteiger partial charge in [-0.2, -0.15) is 0 Å². The van der Waals surface area contributed by atoms with Crippen LogP contribution in [0, 0.1) is 0 Å². The van der Waals surface area contributed by atoms with Crippen LogP contribution in [-0.4, -0.2) is 36.4 Å². The van der Waals surface area contributed by atoms with Gasteiger partial charge in [-0.25, -0.2) is 0 Å². The second-order valence-corrected chi connectivity index (χ2v) is 4.92. The van der Waals surface area contributed by atoms with E-state index in [0.717, 1.165) is 12.8 Å². The Kier molecular flexibility index (Phi) is 6.52. The monoisotopic (exact) mass is 243 g/mol. The van der Waals surface area contributed by atoms with Crippen molar-refractivity contribution < 1.29 is 14.6 Å². The normalized spacial score (nSPS) is 18.9. The lowest BCUT2D eigenvalue weighted by molar-refractivity contribution is -0.124. The first-order chi connectivity index (χ1) is 8.16. The van der Waals surface area contributed by atoms with E-state index in [2.05, 4.69) is 12.2 Å². The Morgan fingerprint density at radius 1 is 1.29 bits per heavy atom. The summed E-state index contributed by atoms with van der Waals surface area (Å²) in [4.78, 5) is 11.5. The summed E-state index contributed by atoms with van der Waals surface area (Å²) in [5, 5.41) is 13.0. The van der Waals surface area contributed by atoms with Gasteiger partial charge >= 0.3 is 0 Å². The minimum Gasteiger partial charge on any atom is -0.388 e. The van der Waals surface area contributed by atoms with Gasteiger partial charge in [0, 0.05) is 39.0 Å². The zero-order valence-corrected chi connectivity index (χ0v) is 10.8. The second-order valence-electron chi connectivity index (χ2n) is 4.92. The van der Waals surface area contributed by atoms with E-state index >= 15 is 0 Å². The minimum absolute atomic E-state index is 0.0565. The molecule has 0 spiro atoms. The molecule has 2 N–H and O–H groups in total. The van der Waals surface area contributed by atoms with E-state index in [4.69, 9.17) is 4.74 Å². The minimum atomic E-state index is -0.753. The van der Waals surface area contributed by atoms with Crippen LogP contribution in [0.1, 0.15) is 51.9 Å². The Labute approximate surface area is 104 Å². The number of unbranched alkanes of at least 4 members (excludes halogenated alkanes) is 3. The average Bonchev–Trinajstić information content (AvgIpc) is 2.33. The number of carbonyl (C=O) groups excluding carboxylic acids is 1. The number of aliphatic hydroxyl groups is 1. The Bertz CT molecular complexity index is 225. The number of carbonyl (C=O) groups is 1. The number of rotatable bonds is 7. The summed E-state index contributed by atoms with van der Waals surface area (Å²) in [5.41, 5.74) is -0.753. The van der Waals surface area contributed by atoms with Crippen molar-refractivity contribution in [3.63, 3.8) is 0 Å². The number of ether oxygens (including phenoxy) is 1. The fraction of sp³-hybridized carbons (Fsp3) is 0.923. The molecule has 4 heteroatoms. The van der Waals surface area contributed by atoms with Gasteiger partial charge in [0.05, 0.1) is 5.60 Å². The van der Waals surface area contributed by atoms with Crippen LogP contribution in [-0.2, 0) is 9.53 Å². The molecule has 0 aliphatic carbocycles. The first kappa shape index (κ1) is 14.5. The molecule has 1 heterocycles. The molecular formula is C13H25NO3. The Morgan fingerprint density at radius 2 is 2.00 bits per heavy atom. The lowest BCUT2D eigenvalue weighted by Gasteiger charge is -2.32. The third-order valence-electron chi connectivity index (χ3n) is 3.30. The van der Waals surface area contributed by atoms with Gasteiger partial charge in [-0.3, -0.25) is 4.79 Å². The standard InChI is InChI=1S/C13H25NO3/c1-2-3-4-5-6-12(15)14-11-13(16)7-9-17-10-8-13/h16H,2-11H2,1H3,(H,14,15). The van der Waals surface area contributed by atoms with Gasteiger partial charge in [0.1, 0.15) is 0 Å². The molecule has 1 aliphatic rings. The van der Waals surface area contributed by atoms with Crippen molar-refractivity contribution in [1.82, 2.24) is 5.32 Å². The smallest absolute Gasteiger partial charge is 0.220 e. The Morgan fingerprint density at radius 3 is 2.65 bits per heavy atom. The fourth-order valence-electron chi connectivity index (χ4n) is 1.99. The average molecular weight is 243 g/mol. The molecule has 0 aromatic rings. The van der Waals surface area contributed by atoms with Crippen LogP contribution in [0.3, 0.4) is 0 Å². The van der Waals surface area contributed by atoms with Crippen molar-refractivity contribution in [3.05, 3.63) is 0 Å². The van der Waals surface area contributed by atoms with Gasteiger partial charge in [-0.05, 0) is 6.42 Å². The highest BCUT2D eigenvalue weighted by Gasteiger charge is 2.29. The molecule has 17 heavy (non-hydrogen) atoms. The molecular weight excluding hydrogens is 218 g/mol. The topological polar surface area (TPSA) is 58.6 Å². The molecule has 1 saturated heterocycles. The SMILES string of the molecule is CCCCCCC(=O)NCC1(O)CCOCC1. The van der Waals surface area contributed by atoms with Crippen molar-refractivity contribution >= 4 is 5.91 Å². The molecule has 1 aliphatic heterocycles. The molecule has 1 rings (SSSR count). The summed E-state index contributed by atoms with van der Waals surface area (Å²) in [6.45, 7) is 3.69. The first-order valence-electron chi connectivity index (χ1n) is 6.73. The molecule has 0 aromatic carbocycles. The van der Waals surface area contributed by atoms with E-state index in [1.165, 1.54) is 12.8 Å². The number of amides is 1. The molecule has 0 unspecified atom stereocenters. The van der Waals surface area contributed by atoms with Gasteiger partial charge in [-0.15, -0.1) is 0 Å². The van der Waals surface area contributed by atoms with Crippen molar-refractivity contribution in [1.29, 1.82) is 0 Å². The van der Waals surface area contributed by atoms with E-state index < -0.39 is 5.60 Å². The largest absolute Gasteiger partial charge is 0.388 e. The maximum atomic E-state index is 11.5. The van der Waals surface area contributed by atoms with E-state index in [1.54, 1.807) is 0 Å². The van der Waals surface area contributed by atoms with E-state index in [9.17, 15) is 9.90 Å². The van der Waals surface area contributed by atoms with Gasteiger partial charge in [0.25, 0.3) is 0 Å². The Balaban J connectivity index is 2.10. The van der Waals surface area contributed by atoms with Crippen molar-refractivity contribution in [3.8, 4) is 0 Å². The van der Waals surface area contributed by atoms with Crippen LogP contribution in [0.15, 0.2) is 0 Å². The summed E-state index contributed by atoms with van der Waals surface area (Å²) in [5.74, 6) is 0.0565. The Hall–Kier alpha value is -0.610. The van der Waals surface area contributed by atoms with E-state index in [1.807, 2.05) is 0 Å². The molecule has 0 radical (unpaired) electrons. The quantitative estimate of drug-likeness (QED) is 0.668. The van der Waals surface area contributed by atoms with Crippen molar-refractivity contribution in [2.75, 3.05) is 19.8 Å². The highest BCUT2D eigenvalue weighted by molar-refractivity contribution is 5.75. The number of hydrogen-bond acceptors (Lipinski definition) is 3. The van der Waals surface area contributed by atoms with Gasteiger partial charge < -0.3 is 15.2 Å². The summed E-state index contributed by atoms with van der Waals surface area (Å²) in [6.07, 6.45) is 6.23. The molecule has 0 bridgehead atoms. The molecule has 0 saturated carbocycles. The highest BCUT2D eigenvalue weighted by atomic mass is 16.5. The van der Waals surface area contributed by atoms with Crippen LogP contribution in [0.2, 0.25) is 0 Å². The van der Waals surface area contributed by atoms with Gasteiger partial charge in [-0.1, -0.05) is 26.2 Å². The predicted octanol–water partition coefficient (Wildman–Crippen LogP) is 1.61. The maximum absolute atomic E-state index is 11.5. The lowest BCUT2D eigenvalue weighted by atomic mass is 9.94. The number of hydrogen-bond donors (Lipinski definition) is 2. The van der Waals surface area contributed by atoms with E-state index in [0.29, 0.717) is 39.0 Å². The highest BCUT2D eigenvalue weighted by Crippen LogP contribution is 2.19. The van der Waals surface area contributed by atoms with Crippen LogP contribution in [0.25, 0.3) is 0 Å². The predicted molar refractivity (Wildman–Crippen MR) is 66.8 cm³/mol. The van der Waals surface area contributed by atoms with E-state index in [-0.39, 0.29) is 5.91 Å². The van der Waals surface area contributed by atoms with Crippen LogP contribution in [0.5, 0.6) is 0 Å². The third-order valence-corrected chi connectivity index (χ3v) is 3.30. The maximum Gasteiger partial charge on any atom is 0.220 e. The fourth-order valence-corrected chi connectivity index (χ4v) is 1.99. The third kappa shape index (κ3) is 6.03. The lowest BCUT2D eigenvalue weighted by Crippen LogP contribution is -2.46. The van der Waals surface area contributed by atoms with Crippen LogP contribution < -0.4 is 5.32 Å². The molecule has 100 valence electrons. The van der Waals surface area contributed by atoms with Gasteiger partial charge in [0.15, 0.2) is 0 Å². The molecule has 1 fully saturated rings. The van der Waals surface area contributed by atoms with Crippen LogP contribution >= 0.6 is 0 Å².